The summed E-state index contributed by atoms with van der Waals surface area (Å²) in [6.07, 6.45) is 3.87. The van der Waals surface area contributed by atoms with E-state index in [4.69, 9.17) is 4.74 Å². The largest absolute Gasteiger partial charge is 0.490 e. The van der Waals surface area contributed by atoms with Crippen molar-refractivity contribution in [3.05, 3.63) is 53.1 Å². The quantitative estimate of drug-likeness (QED) is 0.379. The number of aromatic nitrogens is 2. The van der Waals surface area contributed by atoms with Crippen molar-refractivity contribution >= 4 is 33.5 Å². The van der Waals surface area contributed by atoms with Gasteiger partial charge >= 0.3 is 0 Å². The summed E-state index contributed by atoms with van der Waals surface area (Å²) in [5.41, 5.74) is 4.28. The molecule has 3 aromatic rings. The fourth-order valence-electron chi connectivity index (χ4n) is 4.28. The summed E-state index contributed by atoms with van der Waals surface area (Å²) in [7, 11) is -0.883. The summed E-state index contributed by atoms with van der Waals surface area (Å²) in [6, 6.07) is 13.5. The molecule has 11 heteroatoms. The fraction of sp³-hybridized carbons (Fsp3) is 0.370. The molecule has 4 rings (SSSR count). The number of sulfonamides is 1. The molecule has 1 aliphatic rings. The molecule has 0 radical (unpaired) electrons. The zero-order chi connectivity index (χ0) is 27.4. The maximum absolute atomic E-state index is 12.4. The molecule has 38 heavy (non-hydrogen) atoms. The van der Waals surface area contributed by atoms with Gasteiger partial charge < -0.3 is 9.64 Å². The van der Waals surface area contributed by atoms with Crippen molar-refractivity contribution in [2.75, 3.05) is 19.8 Å². The van der Waals surface area contributed by atoms with Gasteiger partial charge in [0, 0.05) is 37.4 Å². The van der Waals surface area contributed by atoms with Crippen molar-refractivity contribution in [3.8, 4) is 33.0 Å². The van der Waals surface area contributed by atoms with E-state index in [0.29, 0.717) is 16.3 Å². The minimum Gasteiger partial charge on any atom is -0.490 e. The van der Waals surface area contributed by atoms with E-state index in [9.17, 15) is 18.5 Å². The highest BCUT2D eigenvalue weighted by molar-refractivity contribution is 7.90. The van der Waals surface area contributed by atoms with Gasteiger partial charge in [-0.2, -0.15) is 9.66 Å². The molecule has 0 saturated carbocycles. The monoisotopic (exact) mass is 551 g/mol. The minimum atomic E-state index is -3.91. The molecule has 0 N–H and O–H groups in total. The van der Waals surface area contributed by atoms with Gasteiger partial charge in [0.05, 0.1) is 11.7 Å². The van der Waals surface area contributed by atoms with Crippen LogP contribution in [0.4, 0.5) is 0 Å². The Bertz CT molecular complexity index is 1520. The Balaban J connectivity index is 1.61. The Kier molecular flexibility index (Phi) is 8.23. The highest BCUT2D eigenvalue weighted by Crippen LogP contribution is 2.39. The Morgan fingerprint density at radius 1 is 1.26 bits per heavy atom. The van der Waals surface area contributed by atoms with Crippen molar-refractivity contribution in [3.63, 3.8) is 0 Å². The van der Waals surface area contributed by atoms with E-state index in [1.165, 1.54) is 36.5 Å². The van der Waals surface area contributed by atoms with Crippen LogP contribution < -0.4 is 4.74 Å². The molecule has 9 nitrogen and oxygen atoms in total. The van der Waals surface area contributed by atoms with Gasteiger partial charge in [0.2, 0.25) is 5.91 Å². The van der Waals surface area contributed by atoms with Crippen LogP contribution >= 0.6 is 11.3 Å². The normalized spacial score (nSPS) is 15.3. The molecule has 1 unspecified atom stereocenters. The first-order valence-corrected chi connectivity index (χ1v) is 14.7. The lowest BCUT2D eigenvalue weighted by Crippen LogP contribution is -2.28. The third kappa shape index (κ3) is 6.26. The third-order valence-electron chi connectivity index (χ3n) is 6.12. The van der Waals surface area contributed by atoms with Gasteiger partial charge in [-0.05, 0) is 62.4 Å². The number of fused-ring (bicyclic) bond motifs is 1. The number of nitriles is 1. The van der Waals surface area contributed by atoms with Crippen molar-refractivity contribution in [1.82, 2.24) is 15.1 Å². The van der Waals surface area contributed by atoms with Gasteiger partial charge in [0.15, 0.2) is 0 Å². The zero-order valence-electron chi connectivity index (χ0n) is 21.7. The Morgan fingerprint density at radius 3 is 2.74 bits per heavy atom. The van der Waals surface area contributed by atoms with Crippen LogP contribution in [-0.2, 0) is 21.2 Å². The van der Waals surface area contributed by atoms with E-state index >= 15 is 0 Å². The molecule has 0 aliphatic heterocycles. The second-order valence-corrected chi connectivity index (χ2v) is 12.2. The van der Waals surface area contributed by atoms with E-state index in [2.05, 4.69) is 20.7 Å². The molecule has 198 valence electrons. The van der Waals surface area contributed by atoms with Gasteiger partial charge in [-0.15, -0.1) is 10.2 Å². The SMILES string of the molecule is CC(C)Oc1ccc(-c2nnc(-c3cccc4c3CCCC4C=NS(=O)(=O)CC(=O)N(C)C)s2)cc1C#N. The zero-order valence-corrected chi connectivity index (χ0v) is 23.3. The highest BCUT2D eigenvalue weighted by atomic mass is 32.2. The average Bonchev–Trinajstić information content (AvgIpc) is 3.37. The molecular weight excluding hydrogens is 522 g/mol. The van der Waals surface area contributed by atoms with Crippen LogP contribution in [0.15, 0.2) is 40.8 Å². The molecule has 1 heterocycles. The lowest BCUT2D eigenvalue weighted by Gasteiger charge is -2.24. The molecular formula is C27H29N5O4S2. The number of hydrogen-bond donors (Lipinski definition) is 0. The van der Waals surface area contributed by atoms with Gasteiger partial charge in [-0.3, -0.25) is 4.79 Å². The summed E-state index contributed by atoms with van der Waals surface area (Å²) in [4.78, 5) is 13.1. The molecule has 0 fully saturated rings. The van der Waals surface area contributed by atoms with Crippen LogP contribution in [-0.4, -0.2) is 61.6 Å². The molecule has 1 amide bonds. The van der Waals surface area contributed by atoms with E-state index in [0.717, 1.165) is 46.5 Å². The number of ether oxygens (including phenoxy) is 1. The van der Waals surface area contributed by atoms with Crippen LogP contribution in [0, 0.1) is 11.3 Å². The van der Waals surface area contributed by atoms with Crippen LogP contribution in [0.2, 0.25) is 0 Å². The van der Waals surface area contributed by atoms with Crippen molar-refractivity contribution in [2.45, 2.75) is 45.1 Å². The van der Waals surface area contributed by atoms with Crippen molar-refractivity contribution in [2.24, 2.45) is 4.40 Å². The van der Waals surface area contributed by atoms with Crippen molar-refractivity contribution in [1.29, 1.82) is 5.26 Å². The van der Waals surface area contributed by atoms with Crippen LogP contribution in [0.25, 0.3) is 21.1 Å². The molecule has 0 saturated heterocycles. The predicted octanol–water partition coefficient (Wildman–Crippen LogP) is 4.44. The number of carbonyl (C=O) groups excluding carboxylic acids is 1. The molecule has 0 spiro atoms. The molecule has 1 aliphatic carbocycles. The second kappa shape index (κ2) is 11.4. The van der Waals surface area contributed by atoms with Crippen molar-refractivity contribution < 1.29 is 17.9 Å². The number of hydrogen-bond acceptors (Lipinski definition) is 8. The summed E-state index contributed by atoms with van der Waals surface area (Å²) < 4.78 is 34.3. The van der Waals surface area contributed by atoms with Gasteiger partial charge in [-0.1, -0.05) is 29.5 Å². The summed E-state index contributed by atoms with van der Waals surface area (Å²) >= 11 is 1.44. The minimum absolute atomic E-state index is 0.0418. The summed E-state index contributed by atoms with van der Waals surface area (Å²) in [5, 5.41) is 19.8. The maximum Gasteiger partial charge on any atom is 0.261 e. The van der Waals surface area contributed by atoms with Gasteiger partial charge in [0.1, 0.15) is 27.6 Å². The Labute approximate surface area is 226 Å². The fourth-order valence-corrected chi connectivity index (χ4v) is 6.15. The number of nitrogens with zero attached hydrogens (tertiary/aromatic N) is 5. The van der Waals surface area contributed by atoms with E-state index in [-0.39, 0.29) is 12.0 Å². The second-order valence-electron chi connectivity index (χ2n) is 9.54. The predicted molar refractivity (Wildman–Crippen MR) is 148 cm³/mol. The molecule has 0 bridgehead atoms. The number of benzene rings is 2. The number of amides is 1. The topological polar surface area (TPSA) is 126 Å². The summed E-state index contributed by atoms with van der Waals surface area (Å²) in [5.74, 6) is -0.803. The standard InChI is InChI=1S/C27H29N5O4S2/c1-17(2)36-24-12-11-18(13-20(24)14-28)26-30-31-27(37-26)23-10-6-8-21-19(7-5-9-22(21)23)15-29-38(34,35)16-25(33)32(3)4/h6,8,10-13,15,17,19H,5,7,9,16H2,1-4H3. The number of rotatable bonds is 8. The highest BCUT2D eigenvalue weighted by Gasteiger charge is 2.24. The first kappa shape index (κ1) is 27.4. The van der Waals surface area contributed by atoms with Gasteiger partial charge in [-0.25, -0.2) is 8.42 Å². The first-order chi connectivity index (χ1) is 18.1. The Morgan fingerprint density at radius 2 is 2.03 bits per heavy atom. The van der Waals surface area contributed by atoms with Crippen LogP contribution in [0.5, 0.6) is 5.75 Å². The molecule has 1 atom stereocenters. The van der Waals surface area contributed by atoms with Crippen LogP contribution in [0.1, 0.15) is 49.3 Å². The maximum atomic E-state index is 12.4. The molecule has 2 aromatic carbocycles. The lowest BCUT2D eigenvalue weighted by molar-refractivity contribution is -0.125. The van der Waals surface area contributed by atoms with E-state index < -0.39 is 21.7 Å². The smallest absolute Gasteiger partial charge is 0.261 e. The van der Waals surface area contributed by atoms with E-state index in [1.54, 1.807) is 12.1 Å². The number of carbonyl (C=O) groups is 1. The first-order valence-electron chi connectivity index (χ1n) is 12.2. The van der Waals surface area contributed by atoms with E-state index in [1.807, 2.05) is 38.1 Å². The molecule has 1 aromatic heterocycles. The van der Waals surface area contributed by atoms with Crippen LogP contribution in [0.3, 0.4) is 0 Å². The Hall–Kier alpha value is -3.62. The summed E-state index contributed by atoms with van der Waals surface area (Å²) in [6.45, 7) is 3.82. The average molecular weight is 552 g/mol. The third-order valence-corrected chi connectivity index (χ3v) is 8.19. The van der Waals surface area contributed by atoms with Gasteiger partial charge in [0.25, 0.3) is 10.0 Å². The lowest BCUT2D eigenvalue weighted by atomic mass is 9.81.